The summed E-state index contributed by atoms with van der Waals surface area (Å²) in [5.41, 5.74) is 0.751. The van der Waals surface area contributed by atoms with E-state index in [4.69, 9.17) is 4.74 Å². The standard InChI is InChI=1S/C25H21N5O7S2/c31-17(27-8-10-37-11-9-27)13-28-24-21(39-25(28)34)18(14-2-1-7-26-12-14)19-20(38-24)23(33)29(22(19)32)15-3-5-16(6-4-15)30(35)36/h1-7,12,18-20H,8-11,13H2/t18-,19-,20+/m0/s1. The number of ether oxygens (including phenoxy) is 1. The van der Waals surface area contributed by atoms with Gasteiger partial charge in [0.1, 0.15) is 11.8 Å². The van der Waals surface area contributed by atoms with Gasteiger partial charge in [0, 0.05) is 48.4 Å². The number of nitro groups is 1. The van der Waals surface area contributed by atoms with Gasteiger partial charge in [0.05, 0.1) is 34.8 Å². The molecular formula is C25H21N5O7S2. The van der Waals surface area contributed by atoms with E-state index in [1.807, 2.05) is 0 Å². The first-order valence-electron chi connectivity index (χ1n) is 12.1. The summed E-state index contributed by atoms with van der Waals surface area (Å²) >= 11 is 2.09. The molecule has 0 spiro atoms. The van der Waals surface area contributed by atoms with Crippen LogP contribution in [-0.2, 0) is 25.7 Å². The fourth-order valence-electron chi connectivity index (χ4n) is 5.20. The SMILES string of the molecule is O=C(Cn1c2c(sc1=O)[C@@H](c1cccnc1)[C@@H]1C(=O)N(c3ccc([N+](=O)[O-])cc3)C(=O)[C@@H]1S2)N1CCOCC1. The number of anilines is 1. The fraction of sp³-hybridized carbons (Fsp3) is 0.320. The molecule has 1 aromatic carbocycles. The van der Waals surface area contributed by atoms with Crippen LogP contribution in [0.2, 0.25) is 0 Å². The van der Waals surface area contributed by atoms with Gasteiger partial charge in [-0.25, -0.2) is 4.90 Å². The molecule has 6 rings (SSSR count). The van der Waals surface area contributed by atoms with E-state index in [0.717, 1.165) is 28.0 Å². The van der Waals surface area contributed by atoms with Crippen molar-refractivity contribution in [2.45, 2.75) is 22.7 Å². The first-order chi connectivity index (χ1) is 18.8. The highest BCUT2D eigenvalue weighted by molar-refractivity contribution is 8.00. The van der Waals surface area contributed by atoms with E-state index in [2.05, 4.69) is 4.98 Å². The molecule has 3 aliphatic heterocycles. The second kappa shape index (κ2) is 10.0. The van der Waals surface area contributed by atoms with Gasteiger partial charge in [-0.3, -0.25) is 38.8 Å². The van der Waals surface area contributed by atoms with Crippen molar-refractivity contribution in [2.24, 2.45) is 5.92 Å². The third-order valence-electron chi connectivity index (χ3n) is 7.07. The van der Waals surface area contributed by atoms with Gasteiger partial charge < -0.3 is 9.64 Å². The van der Waals surface area contributed by atoms with Crippen molar-refractivity contribution >= 4 is 52.2 Å². The molecule has 0 N–H and O–H groups in total. The molecule has 3 amide bonds. The normalized spacial score (nSPS) is 22.5. The maximum absolute atomic E-state index is 13.8. The molecule has 200 valence electrons. The van der Waals surface area contributed by atoms with Crippen LogP contribution < -0.4 is 9.77 Å². The lowest BCUT2D eigenvalue weighted by Crippen LogP contribution is -2.43. The Morgan fingerprint density at radius 3 is 2.51 bits per heavy atom. The van der Waals surface area contributed by atoms with Crippen molar-refractivity contribution in [2.75, 3.05) is 31.2 Å². The maximum Gasteiger partial charge on any atom is 0.308 e. The summed E-state index contributed by atoms with van der Waals surface area (Å²) in [4.78, 5) is 71.5. The Labute approximate surface area is 229 Å². The Balaban J connectivity index is 1.40. The molecule has 0 radical (unpaired) electrons. The summed E-state index contributed by atoms with van der Waals surface area (Å²) in [6, 6.07) is 8.77. The largest absolute Gasteiger partial charge is 0.378 e. The predicted octanol–water partition coefficient (Wildman–Crippen LogP) is 1.87. The van der Waals surface area contributed by atoms with Gasteiger partial charge in [-0.15, -0.1) is 0 Å². The zero-order valence-electron chi connectivity index (χ0n) is 20.3. The summed E-state index contributed by atoms with van der Waals surface area (Å²) in [5.74, 6) is -2.61. The Hall–Kier alpha value is -3.88. The van der Waals surface area contributed by atoms with Crippen molar-refractivity contribution in [1.82, 2.24) is 14.5 Å². The van der Waals surface area contributed by atoms with Crippen molar-refractivity contribution in [3.8, 4) is 0 Å². The molecule has 0 bridgehead atoms. The Kier molecular flexibility index (Phi) is 6.53. The van der Waals surface area contributed by atoms with Crippen LogP contribution in [0.25, 0.3) is 0 Å². The summed E-state index contributed by atoms with van der Waals surface area (Å²) in [6.45, 7) is 1.56. The van der Waals surface area contributed by atoms with Crippen LogP contribution >= 0.6 is 23.1 Å². The zero-order valence-corrected chi connectivity index (χ0v) is 21.9. The molecule has 0 unspecified atom stereocenters. The van der Waals surface area contributed by atoms with Crippen LogP contribution in [0.1, 0.15) is 16.4 Å². The molecule has 5 heterocycles. The van der Waals surface area contributed by atoms with Gasteiger partial charge in [-0.2, -0.15) is 0 Å². The zero-order chi connectivity index (χ0) is 27.3. The summed E-state index contributed by atoms with van der Waals surface area (Å²) in [5, 5.41) is 10.7. The van der Waals surface area contributed by atoms with Crippen LogP contribution in [-0.4, -0.2) is 68.6 Å². The van der Waals surface area contributed by atoms with E-state index in [9.17, 15) is 29.3 Å². The van der Waals surface area contributed by atoms with Gasteiger partial charge in [0.2, 0.25) is 17.7 Å². The van der Waals surface area contributed by atoms with Gasteiger partial charge in [-0.1, -0.05) is 29.2 Å². The lowest BCUT2D eigenvalue weighted by molar-refractivity contribution is -0.384. The molecular weight excluding hydrogens is 546 g/mol. The first-order valence-corrected chi connectivity index (χ1v) is 13.8. The van der Waals surface area contributed by atoms with Crippen molar-refractivity contribution < 1.29 is 24.0 Å². The number of hydrogen-bond donors (Lipinski definition) is 0. The molecule has 3 atom stereocenters. The molecule has 3 aromatic rings. The summed E-state index contributed by atoms with van der Waals surface area (Å²) in [6.07, 6.45) is 3.21. The lowest BCUT2D eigenvalue weighted by Gasteiger charge is -2.31. The molecule has 2 fully saturated rings. The van der Waals surface area contributed by atoms with Crippen LogP contribution in [0.4, 0.5) is 11.4 Å². The Morgan fingerprint density at radius 1 is 1.10 bits per heavy atom. The van der Waals surface area contributed by atoms with Crippen LogP contribution in [0.3, 0.4) is 0 Å². The smallest absolute Gasteiger partial charge is 0.308 e. The topological polar surface area (TPSA) is 145 Å². The van der Waals surface area contributed by atoms with Crippen LogP contribution in [0.5, 0.6) is 0 Å². The van der Waals surface area contributed by atoms with Gasteiger partial charge in [-0.05, 0) is 23.8 Å². The van der Waals surface area contributed by atoms with E-state index < -0.39 is 33.8 Å². The number of carbonyl (C=O) groups excluding carboxylic acids is 3. The number of nitrogens with zero attached hydrogens (tertiary/aromatic N) is 5. The van der Waals surface area contributed by atoms with Crippen LogP contribution in [0, 0.1) is 16.0 Å². The molecule has 3 aliphatic rings. The minimum absolute atomic E-state index is 0.158. The monoisotopic (exact) mass is 567 g/mol. The number of carbonyl (C=O) groups is 3. The van der Waals surface area contributed by atoms with Gasteiger partial charge >= 0.3 is 4.87 Å². The second-order valence-corrected chi connectivity index (χ2v) is 11.4. The lowest BCUT2D eigenvalue weighted by atomic mass is 9.84. The first kappa shape index (κ1) is 25.4. The number of benzene rings is 1. The Morgan fingerprint density at radius 2 is 1.85 bits per heavy atom. The van der Waals surface area contributed by atoms with E-state index in [1.165, 1.54) is 28.8 Å². The number of pyridine rings is 1. The van der Waals surface area contributed by atoms with Crippen molar-refractivity contribution in [3.05, 3.63) is 79.0 Å². The highest BCUT2D eigenvalue weighted by Gasteiger charge is 2.57. The van der Waals surface area contributed by atoms with Crippen molar-refractivity contribution in [1.29, 1.82) is 0 Å². The highest BCUT2D eigenvalue weighted by Crippen LogP contribution is 2.53. The number of hydrogen-bond acceptors (Lipinski definition) is 10. The fourth-order valence-corrected chi connectivity index (χ4v) is 7.97. The molecule has 0 aliphatic carbocycles. The summed E-state index contributed by atoms with van der Waals surface area (Å²) in [7, 11) is 0. The average Bonchev–Trinajstić information content (AvgIpc) is 3.40. The molecule has 2 saturated heterocycles. The van der Waals surface area contributed by atoms with Gasteiger partial charge in [0.15, 0.2) is 0 Å². The molecule has 2 aromatic heterocycles. The second-order valence-electron chi connectivity index (χ2n) is 9.23. The maximum atomic E-state index is 13.8. The van der Waals surface area contributed by atoms with Crippen LogP contribution in [0.15, 0.2) is 58.6 Å². The quantitative estimate of drug-likeness (QED) is 0.256. The third kappa shape index (κ3) is 4.33. The highest BCUT2D eigenvalue weighted by atomic mass is 32.2. The number of thiazole rings is 1. The molecule has 39 heavy (non-hydrogen) atoms. The van der Waals surface area contributed by atoms with E-state index >= 15 is 0 Å². The van der Waals surface area contributed by atoms with E-state index in [-0.39, 0.29) is 28.7 Å². The number of thioether (sulfide) groups is 1. The summed E-state index contributed by atoms with van der Waals surface area (Å²) < 4.78 is 6.72. The number of non-ortho nitro benzene ring substituents is 1. The number of morpholine rings is 1. The minimum Gasteiger partial charge on any atom is -0.378 e. The molecule has 0 saturated carbocycles. The number of aromatic nitrogens is 2. The number of nitro benzene ring substituents is 1. The number of amides is 3. The predicted molar refractivity (Wildman–Crippen MR) is 141 cm³/mol. The average molecular weight is 568 g/mol. The van der Waals surface area contributed by atoms with E-state index in [1.54, 1.807) is 29.4 Å². The molecule has 12 nitrogen and oxygen atoms in total. The minimum atomic E-state index is -0.857. The number of rotatable bonds is 5. The van der Waals surface area contributed by atoms with E-state index in [0.29, 0.717) is 41.8 Å². The molecule has 14 heteroatoms. The Bertz CT molecular complexity index is 1530. The van der Waals surface area contributed by atoms with Gasteiger partial charge in [0.25, 0.3) is 5.69 Å². The third-order valence-corrected chi connectivity index (χ3v) is 9.67. The number of imide groups is 1. The number of fused-ring (bicyclic) bond motifs is 2. The van der Waals surface area contributed by atoms with Crippen molar-refractivity contribution in [3.63, 3.8) is 0 Å².